The molecule has 0 aliphatic heterocycles. The molecule has 3 aromatic heterocycles. The van der Waals surface area contributed by atoms with Gasteiger partial charge in [0, 0.05) is 23.7 Å². The van der Waals surface area contributed by atoms with Crippen molar-refractivity contribution in [3.63, 3.8) is 0 Å². The van der Waals surface area contributed by atoms with Crippen molar-refractivity contribution in [2.24, 2.45) is 0 Å². The van der Waals surface area contributed by atoms with E-state index in [-0.39, 0.29) is 5.91 Å². The van der Waals surface area contributed by atoms with Crippen LogP contribution in [-0.2, 0) is 6.54 Å². The van der Waals surface area contributed by atoms with Crippen molar-refractivity contribution in [3.8, 4) is 0 Å². The highest BCUT2D eigenvalue weighted by molar-refractivity contribution is 5.96. The number of nitrogens with one attached hydrogen (secondary N) is 1. The Morgan fingerprint density at radius 1 is 1.18 bits per heavy atom. The zero-order chi connectivity index (χ0) is 14.9. The molecule has 5 nitrogen and oxygen atoms in total. The number of benzene rings is 1. The summed E-state index contributed by atoms with van der Waals surface area (Å²) in [5.41, 5.74) is 2.65. The molecule has 0 fully saturated rings. The smallest absolute Gasteiger partial charge is 0.287 e. The van der Waals surface area contributed by atoms with Crippen molar-refractivity contribution in [2.45, 2.75) is 6.54 Å². The quantitative estimate of drug-likeness (QED) is 0.631. The van der Waals surface area contributed by atoms with Gasteiger partial charge in [0.25, 0.3) is 5.91 Å². The number of carbonyl (C=O) groups excluding carboxylic acids is 1. The number of hydrogen-bond donors (Lipinski definition) is 1. The fraction of sp³-hybridized carbons (Fsp3) is 0.0588. The van der Waals surface area contributed by atoms with Crippen LogP contribution in [-0.4, -0.2) is 15.5 Å². The third kappa shape index (κ3) is 2.13. The zero-order valence-electron chi connectivity index (χ0n) is 11.7. The van der Waals surface area contributed by atoms with Crippen LogP contribution in [0.15, 0.2) is 65.3 Å². The maximum absolute atomic E-state index is 12.2. The first-order valence-electron chi connectivity index (χ1n) is 6.99. The van der Waals surface area contributed by atoms with Crippen molar-refractivity contribution in [3.05, 3.63) is 72.2 Å². The molecule has 3 heterocycles. The van der Waals surface area contributed by atoms with Gasteiger partial charge in [-0.25, -0.2) is 4.52 Å². The molecule has 0 saturated heterocycles. The van der Waals surface area contributed by atoms with Crippen LogP contribution in [0.2, 0.25) is 0 Å². The summed E-state index contributed by atoms with van der Waals surface area (Å²) in [4.78, 5) is 12.2. The second-order valence-corrected chi connectivity index (χ2v) is 5.03. The SMILES string of the molecule is O=C(NCc1cnn2ccccc12)c1cc2ccccc2o1. The van der Waals surface area contributed by atoms with Crippen LogP contribution < -0.4 is 5.32 Å². The van der Waals surface area contributed by atoms with E-state index < -0.39 is 0 Å². The first-order chi connectivity index (χ1) is 10.8. The van der Waals surface area contributed by atoms with Crippen molar-refractivity contribution in [2.75, 3.05) is 0 Å². The third-order valence-electron chi connectivity index (χ3n) is 3.59. The molecule has 22 heavy (non-hydrogen) atoms. The van der Waals surface area contributed by atoms with E-state index in [0.717, 1.165) is 16.5 Å². The van der Waals surface area contributed by atoms with Crippen LogP contribution in [0.5, 0.6) is 0 Å². The van der Waals surface area contributed by atoms with Gasteiger partial charge in [-0.2, -0.15) is 5.10 Å². The summed E-state index contributed by atoms with van der Waals surface area (Å²) in [6, 6.07) is 15.1. The normalized spacial score (nSPS) is 11.1. The van der Waals surface area contributed by atoms with Crippen LogP contribution in [0.1, 0.15) is 16.1 Å². The van der Waals surface area contributed by atoms with Crippen molar-refractivity contribution < 1.29 is 9.21 Å². The number of hydrogen-bond acceptors (Lipinski definition) is 3. The molecule has 0 spiro atoms. The molecule has 108 valence electrons. The summed E-state index contributed by atoms with van der Waals surface area (Å²) in [6.07, 6.45) is 3.63. The van der Waals surface area contributed by atoms with Gasteiger partial charge in [0.1, 0.15) is 5.58 Å². The second kappa shape index (κ2) is 5.04. The monoisotopic (exact) mass is 291 g/mol. The Morgan fingerprint density at radius 2 is 2.05 bits per heavy atom. The van der Waals surface area contributed by atoms with Gasteiger partial charge in [0.05, 0.1) is 11.7 Å². The van der Waals surface area contributed by atoms with Crippen LogP contribution >= 0.6 is 0 Å². The van der Waals surface area contributed by atoms with Gasteiger partial charge in [0.2, 0.25) is 0 Å². The fourth-order valence-corrected chi connectivity index (χ4v) is 2.48. The van der Waals surface area contributed by atoms with Crippen molar-refractivity contribution >= 4 is 22.4 Å². The average molecular weight is 291 g/mol. The molecule has 0 bridgehead atoms. The number of carbonyl (C=O) groups is 1. The predicted octanol–water partition coefficient (Wildman–Crippen LogP) is 3.01. The van der Waals surface area contributed by atoms with E-state index in [1.54, 1.807) is 16.8 Å². The van der Waals surface area contributed by atoms with Crippen molar-refractivity contribution in [1.29, 1.82) is 0 Å². The summed E-state index contributed by atoms with van der Waals surface area (Å²) >= 11 is 0. The highest BCUT2D eigenvalue weighted by Crippen LogP contribution is 2.18. The second-order valence-electron chi connectivity index (χ2n) is 5.03. The lowest BCUT2D eigenvalue weighted by Crippen LogP contribution is -2.22. The Kier molecular flexibility index (Phi) is 2.89. The van der Waals surface area contributed by atoms with Gasteiger partial charge in [0.15, 0.2) is 5.76 Å². The molecule has 1 aromatic carbocycles. The van der Waals surface area contributed by atoms with Gasteiger partial charge in [-0.15, -0.1) is 0 Å². The van der Waals surface area contributed by atoms with Crippen molar-refractivity contribution in [1.82, 2.24) is 14.9 Å². The van der Waals surface area contributed by atoms with Crippen LogP contribution in [0.3, 0.4) is 0 Å². The molecule has 4 rings (SSSR count). The van der Waals surface area contributed by atoms with E-state index in [2.05, 4.69) is 10.4 Å². The Labute approximate surface area is 126 Å². The van der Waals surface area contributed by atoms with Gasteiger partial charge in [-0.05, 0) is 24.3 Å². The lowest BCUT2D eigenvalue weighted by Gasteiger charge is -2.01. The zero-order valence-corrected chi connectivity index (χ0v) is 11.7. The molecule has 0 atom stereocenters. The highest BCUT2D eigenvalue weighted by Gasteiger charge is 2.12. The standard InChI is InChI=1S/C17H13N3O2/c21-17(16-9-12-5-1-2-7-15(12)22-16)18-10-13-11-19-20-8-4-3-6-14(13)20/h1-9,11H,10H2,(H,18,21). The Morgan fingerprint density at radius 3 is 2.95 bits per heavy atom. The Bertz CT molecular complexity index is 935. The van der Waals surface area contributed by atoms with Crippen LogP contribution in [0, 0.1) is 0 Å². The van der Waals surface area contributed by atoms with E-state index in [0.29, 0.717) is 17.9 Å². The summed E-state index contributed by atoms with van der Waals surface area (Å²) in [7, 11) is 0. The molecule has 0 aliphatic rings. The molecule has 0 aliphatic carbocycles. The van der Waals surface area contributed by atoms with Gasteiger partial charge in [-0.3, -0.25) is 4.79 Å². The number of furan rings is 1. The maximum Gasteiger partial charge on any atom is 0.287 e. The molecule has 0 unspecified atom stereocenters. The summed E-state index contributed by atoms with van der Waals surface area (Å²) < 4.78 is 7.33. The molecule has 5 heteroatoms. The number of pyridine rings is 1. The maximum atomic E-state index is 12.2. The molecule has 1 amide bonds. The van der Waals surface area contributed by atoms with Gasteiger partial charge < -0.3 is 9.73 Å². The van der Waals surface area contributed by atoms with E-state index in [1.165, 1.54) is 0 Å². The van der Waals surface area contributed by atoms with E-state index in [9.17, 15) is 4.79 Å². The van der Waals surface area contributed by atoms with Gasteiger partial charge >= 0.3 is 0 Å². The number of para-hydroxylation sites is 1. The first-order valence-corrected chi connectivity index (χ1v) is 6.99. The highest BCUT2D eigenvalue weighted by atomic mass is 16.3. The summed E-state index contributed by atoms with van der Waals surface area (Å²) in [6.45, 7) is 0.406. The first kappa shape index (κ1) is 12.6. The minimum Gasteiger partial charge on any atom is -0.451 e. The minimum absolute atomic E-state index is 0.230. The third-order valence-corrected chi connectivity index (χ3v) is 3.59. The fourth-order valence-electron chi connectivity index (χ4n) is 2.48. The number of rotatable bonds is 3. The number of fused-ring (bicyclic) bond motifs is 2. The number of aromatic nitrogens is 2. The van der Waals surface area contributed by atoms with E-state index in [1.807, 2.05) is 48.7 Å². The average Bonchev–Trinajstić information content (AvgIpc) is 3.16. The molecule has 0 saturated carbocycles. The number of amides is 1. The van der Waals surface area contributed by atoms with E-state index in [4.69, 9.17) is 4.42 Å². The van der Waals surface area contributed by atoms with Crippen LogP contribution in [0.4, 0.5) is 0 Å². The largest absolute Gasteiger partial charge is 0.451 e. The van der Waals surface area contributed by atoms with Crippen LogP contribution in [0.25, 0.3) is 16.5 Å². The molecule has 0 radical (unpaired) electrons. The Balaban J connectivity index is 1.54. The number of nitrogens with zero attached hydrogens (tertiary/aromatic N) is 2. The summed E-state index contributed by atoms with van der Waals surface area (Å²) in [5, 5.41) is 8.03. The topological polar surface area (TPSA) is 59.5 Å². The lowest BCUT2D eigenvalue weighted by atomic mass is 10.2. The predicted molar refractivity (Wildman–Crippen MR) is 82.6 cm³/mol. The molecular weight excluding hydrogens is 278 g/mol. The lowest BCUT2D eigenvalue weighted by molar-refractivity contribution is 0.0925. The van der Waals surface area contributed by atoms with Gasteiger partial charge in [-0.1, -0.05) is 24.3 Å². The Hall–Kier alpha value is -3.08. The molecular formula is C17H13N3O2. The molecule has 1 N–H and O–H groups in total. The minimum atomic E-state index is -0.230. The summed E-state index contributed by atoms with van der Waals surface area (Å²) in [5.74, 6) is 0.0872. The van der Waals surface area contributed by atoms with E-state index >= 15 is 0 Å². The molecule has 4 aromatic rings.